The van der Waals surface area contributed by atoms with Crippen molar-refractivity contribution in [2.24, 2.45) is 0 Å². The fourth-order valence-electron chi connectivity index (χ4n) is 3.59. The minimum absolute atomic E-state index is 1.12. The summed E-state index contributed by atoms with van der Waals surface area (Å²) in [6.07, 6.45) is 2.25. The Morgan fingerprint density at radius 1 is 0.609 bits per heavy atom. The monoisotopic (exact) mass is 296 g/mol. The Morgan fingerprint density at radius 3 is 1.96 bits per heavy atom. The van der Waals surface area contributed by atoms with Crippen molar-refractivity contribution in [1.82, 2.24) is 0 Å². The van der Waals surface area contributed by atoms with Gasteiger partial charge < -0.3 is 0 Å². The molecule has 0 fully saturated rings. The molecular formula is C23H20. The van der Waals surface area contributed by atoms with Gasteiger partial charge in [-0.1, -0.05) is 78.9 Å². The molecule has 3 aromatic carbocycles. The van der Waals surface area contributed by atoms with Crippen molar-refractivity contribution in [3.05, 3.63) is 95.6 Å². The number of allylic oxidation sites excluding steroid dienone is 2. The van der Waals surface area contributed by atoms with Gasteiger partial charge in [0, 0.05) is 0 Å². The highest BCUT2D eigenvalue weighted by Gasteiger charge is 2.17. The highest BCUT2D eigenvalue weighted by molar-refractivity contribution is 5.93. The molecule has 0 radical (unpaired) electrons. The van der Waals surface area contributed by atoms with E-state index in [2.05, 4.69) is 85.8 Å². The van der Waals surface area contributed by atoms with Gasteiger partial charge in [-0.15, -0.1) is 0 Å². The van der Waals surface area contributed by atoms with Crippen LogP contribution in [0.25, 0.3) is 22.3 Å². The summed E-state index contributed by atoms with van der Waals surface area (Å²) in [5.74, 6) is 0. The van der Waals surface area contributed by atoms with Crippen molar-refractivity contribution >= 4 is 11.1 Å². The van der Waals surface area contributed by atoms with E-state index in [4.69, 9.17) is 0 Å². The van der Waals surface area contributed by atoms with E-state index in [1.165, 1.54) is 39.0 Å². The van der Waals surface area contributed by atoms with E-state index in [1.807, 2.05) is 0 Å². The normalized spacial score (nSPS) is 13.8. The van der Waals surface area contributed by atoms with E-state index in [9.17, 15) is 0 Å². The quantitative estimate of drug-likeness (QED) is 0.526. The number of aryl methyl sites for hydroxylation is 1. The molecule has 0 spiro atoms. The first-order valence-corrected chi connectivity index (χ1v) is 8.27. The highest BCUT2D eigenvalue weighted by atomic mass is 14.2. The molecule has 112 valence electrons. The summed E-state index contributed by atoms with van der Waals surface area (Å²) in [6.45, 7) is 2.27. The van der Waals surface area contributed by atoms with E-state index in [-0.39, 0.29) is 0 Å². The molecular weight excluding hydrogens is 276 g/mol. The summed E-state index contributed by atoms with van der Waals surface area (Å²) < 4.78 is 0. The Labute approximate surface area is 138 Å². The fraction of sp³-hybridized carbons (Fsp3) is 0.130. The molecule has 0 saturated heterocycles. The molecule has 0 heteroatoms. The number of rotatable bonds is 2. The molecule has 4 rings (SSSR count). The van der Waals surface area contributed by atoms with E-state index in [0.29, 0.717) is 0 Å². The molecule has 0 heterocycles. The number of hydrogen-bond donors (Lipinski definition) is 0. The minimum Gasteiger partial charge on any atom is -0.0622 e. The molecule has 1 aliphatic carbocycles. The first kappa shape index (κ1) is 14.0. The molecule has 0 saturated carbocycles. The van der Waals surface area contributed by atoms with Gasteiger partial charge in [-0.2, -0.15) is 0 Å². The average Bonchev–Trinajstić information content (AvgIpc) is 2.63. The molecule has 0 unspecified atom stereocenters. The van der Waals surface area contributed by atoms with E-state index >= 15 is 0 Å². The highest BCUT2D eigenvalue weighted by Crippen LogP contribution is 2.38. The van der Waals surface area contributed by atoms with Crippen molar-refractivity contribution in [1.29, 1.82) is 0 Å². The van der Waals surface area contributed by atoms with Gasteiger partial charge in [0.15, 0.2) is 0 Å². The van der Waals surface area contributed by atoms with Crippen LogP contribution >= 0.6 is 0 Å². The lowest BCUT2D eigenvalue weighted by Gasteiger charge is -2.22. The summed E-state index contributed by atoms with van der Waals surface area (Å²) in [5, 5.41) is 0. The third kappa shape index (κ3) is 2.61. The van der Waals surface area contributed by atoms with Gasteiger partial charge in [-0.3, -0.25) is 0 Å². The van der Waals surface area contributed by atoms with Crippen molar-refractivity contribution < 1.29 is 0 Å². The molecule has 3 aromatic rings. The van der Waals surface area contributed by atoms with Gasteiger partial charge in [0.1, 0.15) is 0 Å². The maximum atomic E-state index is 2.37. The van der Waals surface area contributed by atoms with Crippen LogP contribution in [0, 0.1) is 0 Å². The smallest absolute Gasteiger partial charge is 0.0181 e. The Kier molecular flexibility index (Phi) is 3.59. The van der Waals surface area contributed by atoms with Crippen LogP contribution in [0.3, 0.4) is 0 Å². The zero-order valence-corrected chi connectivity index (χ0v) is 13.4. The Hall–Kier alpha value is -2.60. The van der Waals surface area contributed by atoms with Gasteiger partial charge in [-0.05, 0) is 58.7 Å². The van der Waals surface area contributed by atoms with Crippen LogP contribution in [0.15, 0.2) is 78.9 Å². The van der Waals surface area contributed by atoms with Crippen LogP contribution in [0.5, 0.6) is 0 Å². The van der Waals surface area contributed by atoms with Gasteiger partial charge in [0.25, 0.3) is 0 Å². The predicted octanol–water partition coefficient (Wildman–Crippen LogP) is 6.23. The Balaban J connectivity index is 1.77. The second-order valence-corrected chi connectivity index (χ2v) is 6.21. The molecule has 23 heavy (non-hydrogen) atoms. The molecule has 0 amide bonds. The molecule has 0 aliphatic heterocycles. The second kappa shape index (κ2) is 5.89. The lowest BCUT2D eigenvalue weighted by atomic mass is 9.82. The Morgan fingerprint density at radius 2 is 1.26 bits per heavy atom. The fourth-order valence-corrected chi connectivity index (χ4v) is 3.59. The number of benzene rings is 3. The summed E-state index contributed by atoms with van der Waals surface area (Å²) >= 11 is 0. The lowest BCUT2D eigenvalue weighted by molar-refractivity contribution is 0.992. The molecule has 0 bridgehead atoms. The number of fused-ring (bicyclic) bond motifs is 1. The maximum absolute atomic E-state index is 2.37. The molecule has 0 aromatic heterocycles. The zero-order valence-electron chi connectivity index (χ0n) is 13.4. The van der Waals surface area contributed by atoms with Crippen LogP contribution in [-0.2, 0) is 6.42 Å². The van der Waals surface area contributed by atoms with Gasteiger partial charge in [-0.25, -0.2) is 0 Å². The van der Waals surface area contributed by atoms with Crippen molar-refractivity contribution in [2.75, 3.05) is 0 Å². The third-order valence-electron chi connectivity index (χ3n) is 4.84. The van der Waals surface area contributed by atoms with Crippen molar-refractivity contribution in [2.45, 2.75) is 19.8 Å². The van der Waals surface area contributed by atoms with E-state index in [0.717, 1.165) is 12.8 Å². The van der Waals surface area contributed by atoms with Gasteiger partial charge in [0.2, 0.25) is 0 Å². The topological polar surface area (TPSA) is 0 Å². The van der Waals surface area contributed by atoms with Crippen LogP contribution in [0.4, 0.5) is 0 Å². The van der Waals surface area contributed by atoms with E-state index in [1.54, 1.807) is 0 Å². The number of hydrogen-bond acceptors (Lipinski definition) is 0. The SMILES string of the molecule is CC1=C(c2ccccc2)CCc2cc(-c3ccccc3)ccc21. The predicted molar refractivity (Wildman–Crippen MR) is 99.1 cm³/mol. The second-order valence-electron chi connectivity index (χ2n) is 6.21. The standard InChI is InChI=1S/C23H20/c1-17-22(19-10-6-3-7-11-19)15-13-21-16-20(12-14-23(17)21)18-8-4-2-5-9-18/h2-12,14,16H,13,15H2,1H3. The zero-order chi connectivity index (χ0) is 15.6. The maximum Gasteiger partial charge on any atom is -0.0181 e. The van der Waals surface area contributed by atoms with Crippen molar-refractivity contribution in [3.8, 4) is 11.1 Å². The average molecular weight is 296 g/mol. The summed E-state index contributed by atoms with van der Waals surface area (Å²) in [7, 11) is 0. The largest absolute Gasteiger partial charge is 0.0622 e. The first-order valence-electron chi connectivity index (χ1n) is 8.27. The summed E-state index contributed by atoms with van der Waals surface area (Å²) in [6, 6.07) is 28.4. The first-order chi connectivity index (χ1) is 11.3. The van der Waals surface area contributed by atoms with E-state index < -0.39 is 0 Å². The molecule has 0 N–H and O–H groups in total. The van der Waals surface area contributed by atoms with Crippen LogP contribution in [0.1, 0.15) is 30.0 Å². The van der Waals surface area contributed by atoms with Gasteiger partial charge in [0.05, 0.1) is 0 Å². The molecule has 0 nitrogen and oxygen atoms in total. The van der Waals surface area contributed by atoms with Gasteiger partial charge >= 0.3 is 0 Å². The molecule has 1 aliphatic rings. The van der Waals surface area contributed by atoms with Crippen LogP contribution in [0.2, 0.25) is 0 Å². The van der Waals surface area contributed by atoms with Crippen LogP contribution in [-0.4, -0.2) is 0 Å². The minimum atomic E-state index is 1.12. The lowest BCUT2D eigenvalue weighted by Crippen LogP contribution is -2.03. The summed E-state index contributed by atoms with van der Waals surface area (Å²) in [5.41, 5.74) is 9.79. The van der Waals surface area contributed by atoms with Crippen LogP contribution < -0.4 is 0 Å². The van der Waals surface area contributed by atoms with Crippen molar-refractivity contribution in [3.63, 3.8) is 0 Å². The Bertz CT molecular complexity index is 855. The third-order valence-corrected chi connectivity index (χ3v) is 4.84. The summed E-state index contributed by atoms with van der Waals surface area (Å²) in [4.78, 5) is 0. The molecule has 0 atom stereocenters.